The van der Waals surface area contributed by atoms with Gasteiger partial charge in [-0.05, 0) is 13.8 Å². The molecule has 12 nitrogen and oxygen atoms in total. The van der Waals surface area contributed by atoms with E-state index in [2.05, 4.69) is 26.3 Å². The number of carbonyl (C=O) groups excluding carboxylic acids is 6. The maximum Gasteiger partial charge on any atom is 0.333 e. The highest BCUT2D eigenvalue weighted by Gasteiger charge is 2.21. The van der Waals surface area contributed by atoms with Gasteiger partial charge in [-0.25, -0.2) is 19.2 Å². The van der Waals surface area contributed by atoms with Gasteiger partial charge in [0.15, 0.2) is 12.2 Å². The zero-order chi connectivity index (χ0) is 29.1. The Bertz CT molecular complexity index is 853. The summed E-state index contributed by atoms with van der Waals surface area (Å²) in [7, 11) is 1.92. The van der Waals surface area contributed by atoms with Crippen LogP contribution >= 0.6 is 21.6 Å². The molecule has 0 aliphatic heterocycles. The molecule has 0 saturated carbocycles. The molecule has 14 heteroatoms. The third kappa shape index (κ3) is 17.0. The Hall–Kier alpha value is -3.52. The quantitative estimate of drug-likeness (QED) is 0.0724. The molecule has 0 aromatic carbocycles. The van der Waals surface area contributed by atoms with Crippen LogP contribution in [-0.2, 0) is 57.2 Å². The van der Waals surface area contributed by atoms with Crippen LogP contribution < -0.4 is 0 Å². The largest absolute Gasteiger partial charge is 0.458 e. The van der Waals surface area contributed by atoms with Crippen LogP contribution in [-0.4, -0.2) is 86.0 Å². The summed E-state index contributed by atoms with van der Waals surface area (Å²) >= 11 is 0. The van der Waals surface area contributed by atoms with Crippen molar-refractivity contribution in [3.8, 4) is 0 Å². The van der Waals surface area contributed by atoms with Crippen molar-refractivity contribution >= 4 is 57.4 Å². The molecule has 2 unspecified atom stereocenters. The lowest BCUT2D eigenvalue weighted by Crippen LogP contribution is -2.31. The van der Waals surface area contributed by atoms with E-state index in [1.807, 2.05) is 0 Å². The molecule has 2 atom stereocenters. The fraction of sp³-hybridized carbons (Fsp3) is 0.417. The highest BCUT2D eigenvalue weighted by atomic mass is 33.1. The van der Waals surface area contributed by atoms with Crippen LogP contribution in [0.2, 0.25) is 0 Å². The van der Waals surface area contributed by atoms with E-state index in [1.54, 1.807) is 0 Å². The molecule has 0 aliphatic carbocycles. The van der Waals surface area contributed by atoms with Gasteiger partial charge in [0, 0.05) is 23.3 Å². The Morgan fingerprint density at radius 1 is 0.632 bits per heavy atom. The van der Waals surface area contributed by atoms with Gasteiger partial charge in [0.25, 0.3) is 0 Å². The van der Waals surface area contributed by atoms with Gasteiger partial charge in [-0.3, -0.25) is 9.59 Å². The van der Waals surface area contributed by atoms with E-state index in [4.69, 9.17) is 28.4 Å². The number of esters is 6. The minimum atomic E-state index is -1.08. The summed E-state index contributed by atoms with van der Waals surface area (Å²) in [4.78, 5) is 70.0. The summed E-state index contributed by atoms with van der Waals surface area (Å²) in [5.74, 6) is -4.83. The topological polar surface area (TPSA) is 158 Å². The van der Waals surface area contributed by atoms with Gasteiger partial charge in [-0.2, -0.15) is 0 Å². The number of hydrogen-bond acceptors (Lipinski definition) is 14. The SMILES string of the molecule is C=CC(=O)OCC(COC(=O)C(=C)C)OC(=O)CSSCC(=O)OC(COC(=O)C=C)COC(=O)C(=C)C. The summed E-state index contributed by atoms with van der Waals surface area (Å²) in [5.41, 5.74) is 0.263. The summed E-state index contributed by atoms with van der Waals surface area (Å²) in [5, 5.41) is 0. The van der Waals surface area contributed by atoms with Crippen molar-refractivity contribution in [1.29, 1.82) is 0 Å². The van der Waals surface area contributed by atoms with Gasteiger partial charge in [0.05, 0.1) is 0 Å². The normalized spacial score (nSPS) is 11.5. The van der Waals surface area contributed by atoms with Crippen molar-refractivity contribution in [3.05, 3.63) is 49.6 Å². The van der Waals surface area contributed by atoms with E-state index >= 15 is 0 Å². The lowest BCUT2D eigenvalue weighted by Gasteiger charge is -2.18. The van der Waals surface area contributed by atoms with Crippen LogP contribution in [0.3, 0.4) is 0 Å². The van der Waals surface area contributed by atoms with Crippen molar-refractivity contribution in [2.24, 2.45) is 0 Å². The molecule has 0 bridgehead atoms. The van der Waals surface area contributed by atoms with Crippen molar-refractivity contribution in [1.82, 2.24) is 0 Å². The Kier molecular flexibility index (Phi) is 17.8. The first-order valence-electron chi connectivity index (χ1n) is 10.8. The average Bonchev–Trinajstić information content (AvgIpc) is 2.88. The van der Waals surface area contributed by atoms with Gasteiger partial charge in [0.1, 0.15) is 37.9 Å². The van der Waals surface area contributed by atoms with Crippen LogP contribution in [0.15, 0.2) is 49.6 Å². The second-order valence-corrected chi connectivity index (χ2v) is 9.64. The van der Waals surface area contributed by atoms with E-state index in [0.29, 0.717) is 0 Å². The molecule has 0 aromatic rings. The molecule has 0 amide bonds. The van der Waals surface area contributed by atoms with Crippen LogP contribution in [0.25, 0.3) is 0 Å². The highest BCUT2D eigenvalue weighted by Crippen LogP contribution is 2.22. The maximum atomic E-state index is 12.1. The van der Waals surface area contributed by atoms with E-state index in [0.717, 1.165) is 33.7 Å². The predicted molar refractivity (Wildman–Crippen MR) is 139 cm³/mol. The molecule has 0 spiro atoms. The molecule has 210 valence electrons. The van der Waals surface area contributed by atoms with Gasteiger partial charge in [-0.15, -0.1) is 0 Å². The van der Waals surface area contributed by atoms with E-state index < -0.39 is 48.0 Å². The standard InChI is InChI=1S/C24H30O12S2/c1-7-19(25)31-9-17(11-33-23(29)15(3)4)35-21(27)13-37-38-14-22(28)36-18(10-32-20(26)8-2)12-34-24(30)16(5)6/h7-8,17-18H,1-3,5,9-14H2,4,6H3. The molecule has 0 saturated heterocycles. The predicted octanol–water partition coefficient (Wildman–Crippen LogP) is 1.89. The molecule has 0 radical (unpaired) electrons. The van der Waals surface area contributed by atoms with Crippen molar-refractivity contribution in [2.75, 3.05) is 37.9 Å². The summed E-state index contributed by atoms with van der Waals surface area (Å²) in [6.45, 7) is 14.7. The number of hydrogen-bond donors (Lipinski definition) is 0. The smallest absolute Gasteiger partial charge is 0.333 e. The van der Waals surface area contributed by atoms with Gasteiger partial charge in [0.2, 0.25) is 0 Å². The number of rotatable bonds is 19. The van der Waals surface area contributed by atoms with Crippen LogP contribution in [0, 0.1) is 0 Å². The fourth-order valence-electron chi connectivity index (χ4n) is 1.90. The minimum Gasteiger partial charge on any atom is -0.458 e. The zero-order valence-electron chi connectivity index (χ0n) is 21.1. The zero-order valence-corrected chi connectivity index (χ0v) is 22.7. The Morgan fingerprint density at radius 3 is 1.24 bits per heavy atom. The lowest BCUT2D eigenvalue weighted by atomic mass is 10.3. The molecule has 38 heavy (non-hydrogen) atoms. The van der Waals surface area contributed by atoms with Crippen LogP contribution in [0.1, 0.15) is 13.8 Å². The fourth-order valence-corrected chi connectivity index (χ4v) is 3.48. The van der Waals surface area contributed by atoms with E-state index in [9.17, 15) is 28.8 Å². The van der Waals surface area contributed by atoms with E-state index in [-0.39, 0.29) is 49.1 Å². The Balaban J connectivity index is 4.67. The Labute approximate surface area is 228 Å². The lowest BCUT2D eigenvalue weighted by molar-refractivity contribution is -0.162. The molecule has 0 aliphatic rings. The first kappa shape index (κ1) is 34.5. The molecule has 0 aromatic heterocycles. The average molecular weight is 575 g/mol. The molecular weight excluding hydrogens is 544 g/mol. The third-order valence-electron chi connectivity index (χ3n) is 3.69. The molecule has 0 N–H and O–H groups in total. The molecule has 0 heterocycles. The van der Waals surface area contributed by atoms with Gasteiger partial charge in [-0.1, -0.05) is 47.9 Å². The molecular formula is C24H30O12S2. The van der Waals surface area contributed by atoms with Crippen molar-refractivity contribution in [2.45, 2.75) is 26.1 Å². The minimum absolute atomic E-state index is 0.132. The second-order valence-electron chi connectivity index (χ2n) is 7.17. The summed E-state index contributed by atoms with van der Waals surface area (Å²) in [6, 6.07) is 0. The maximum absolute atomic E-state index is 12.1. The van der Waals surface area contributed by atoms with Crippen molar-refractivity contribution < 1.29 is 57.2 Å². The number of carbonyl (C=O) groups is 6. The first-order valence-corrected chi connectivity index (χ1v) is 13.2. The molecule has 0 rings (SSSR count). The molecule has 0 fully saturated rings. The van der Waals surface area contributed by atoms with E-state index in [1.165, 1.54) is 13.8 Å². The highest BCUT2D eigenvalue weighted by molar-refractivity contribution is 8.77. The number of ether oxygens (including phenoxy) is 6. The summed E-state index contributed by atoms with van der Waals surface area (Å²) in [6.07, 6.45) is -0.316. The van der Waals surface area contributed by atoms with Gasteiger partial charge >= 0.3 is 35.8 Å². The van der Waals surface area contributed by atoms with Gasteiger partial charge < -0.3 is 28.4 Å². The third-order valence-corrected chi connectivity index (χ3v) is 5.77. The first-order chi connectivity index (χ1) is 17.9. The van der Waals surface area contributed by atoms with Crippen molar-refractivity contribution in [3.63, 3.8) is 0 Å². The Morgan fingerprint density at radius 2 is 0.947 bits per heavy atom. The van der Waals surface area contributed by atoms with Crippen LogP contribution in [0.5, 0.6) is 0 Å². The monoisotopic (exact) mass is 574 g/mol. The second kappa shape index (κ2) is 19.6. The summed E-state index contributed by atoms with van der Waals surface area (Å²) < 4.78 is 29.9. The van der Waals surface area contributed by atoms with Crippen LogP contribution in [0.4, 0.5) is 0 Å².